The number of nitrogens with one attached hydrogen (secondary N) is 1. The third kappa shape index (κ3) is 4.79. The Balaban J connectivity index is 2.05. The second-order valence-corrected chi connectivity index (χ2v) is 5.34. The van der Waals surface area contributed by atoms with Gasteiger partial charge in [0.1, 0.15) is 11.6 Å². The van der Waals surface area contributed by atoms with Crippen LogP contribution in [0, 0.1) is 11.6 Å². The number of carbonyl (C=O) groups excluding carboxylic acids is 1. The van der Waals surface area contributed by atoms with Crippen LogP contribution < -0.4 is 14.8 Å². The molecule has 0 aliphatic carbocycles. The van der Waals surface area contributed by atoms with Crippen LogP contribution in [0.5, 0.6) is 11.5 Å². The smallest absolute Gasteiger partial charge is 0.244 e. The van der Waals surface area contributed by atoms with Crippen molar-refractivity contribution >= 4 is 12.0 Å². The number of rotatable bonds is 6. The van der Waals surface area contributed by atoms with Crippen LogP contribution in [0.1, 0.15) is 24.1 Å². The van der Waals surface area contributed by atoms with Crippen LogP contribution in [-0.4, -0.2) is 20.1 Å². The van der Waals surface area contributed by atoms with Gasteiger partial charge in [-0.3, -0.25) is 4.79 Å². The molecule has 1 amide bonds. The Morgan fingerprint density at radius 1 is 1.08 bits per heavy atom. The first kappa shape index (κ1) is 18.4. The Morgan fingerprint density at radius 2 is 1.80 bits per heavy atom. The summed E-state index contributed by atoms with van der Waals surface area (Å²) >= 11 is 0. The van der Waals surface area contributed by atoms with Crippen LogP contribution in [0.4, 0.5) is 8.78 Å². The van der Waals surface area contributed by atoms with Gasteiger partial charge in [0.25, 0.3) is 0 Å². The summed E-state index contributed by atoms with van der Waals surface area (Å²) in [5.74, 6) is -0.618. The van der Waals surface area contributed by atoms with Crippen molar-refractivity contribution in [3.63, 3.8) is 0 Å². The molecule has 4 nitrogen and oxygen atoms in total. The molecule has 0 saturated heterocycles. The molecule has 2 rings (SSSR count). The highest BCUT2D eigenvalue weighted by atomic mass is 19.1. The van der Waals surface area contributed by atoms with Crippen molar-refractivity contribution < 1.29 is 23.0 Å². The Labute approximate surface area is 145 Å². The summed E-state index contributed by atoms with van der Waals surface area (Å²) in [4.78, 5) is 12.0. The minimum absolute atomic E-state index is 0.217. The topological polar surface area (TPSA) is 47.6 Å². The third-order valence-corrected chi connectivity index (χ3v) is 3.62. The van der Waals surface area contributed by atoms with E-state index in [0.29, 0.717) is 11.5 Å². The molecule has 0 unspecified atom stereocenters. The summed E-state index contributed by atoms with van der Waals surface area (Å²) in [5.41, 5.74) is 0.961. The fourth-order valence-corrected chi connectivity index (χ4v) is 2.32. The second-order valence-electron chi connectivity index (χ2n) is 5.34. The SMILES string of the molecule is COc1ccc(/C=C/C(=O)N[C@@H](C)c2ccc(F)cc2F)cc1OC. The Kier molecular flexibility index (Phi) is 6.11. The highest BCUT2D eigenvalue weighted by Gasteiger charge is 2.13. The van der Waals surface area contributed by atoms with Crippen LogP contribution in [0.2, 0.25) is 0 Å². The van der Waals surface area contributed by atoms with E-state index in [1.54, 1.807) is 31.2 Å². The van der Waals surface area contributed by atoms with Crippen molar-refractivity contribution in [1.29, 1.82) is 0 Å². The summed E-state index contributed by atoms with van der Waals surface area (Å²) in [7, 11) is 3.06. The second kappa shape index (κ2) is 8.28. The molecular weight excluding hydrogens is 328 g/mol. The van der Waals surface area contributed by atoms with Crippen LogP contribution >= 0.6 is 0 Å². The number of hydrogen-bond acceptors (Lipinski definition) is 3. The molecule has 1 atom stereocenters. The molecule has 0 saturated carbocycles. The zero-order chi connectivity index (χ0) is 18.4. The van der Waals surface area contributed by atoms with Crippen molar-refractivity contribution in [3.8, 4) is 11.5 Å². The first-order chi connectivity index (χ1) is 11.9. The van der Waals surface area contributed by atoms with Crippen molar-refractivity contribution in [2.45, 2.75) is 13.0 Å². The van der Waals surface area contributed by atoms with Gasteiger partial charge in [-0.2, -0.15) is 0 Å². The van der Waals surface area contributed by atoms with Crippen molar-refractivity contribution in [2.24, 2.45) is 0 Å². The number of ether oxygens (including phenoxy) is 2. The molecule has 0 aliphatic heterocycles. The molecule has 0 spiro atoms. The normalized spacial score (nSPS) is 12.0. The molecule has 0 aliphatic rings. The molecule has 25 heavy (non-hydrogen) atoms. The van der Waals surface area contributed by atoms with E-state index in [4.69, 9.17) is 9.47 Å². The highest BCUT2D eigenvalue weighted by Crippen LogP contribution is 2.28. The highest BCUT2D eigenvalue weighted by molar-refractivity contribution is 5.92. The van der Waals surface area contributed by atoms with Crippen LogP contribution in [0.15, 0.2) is 42.5 Å². The summed E-state index contributed by atoms with van der Waals surface area (Å²) in [6, 6.07) is 7.89. The largest absolute Gasteiger partial charge is 0.493 e. The summed E-state index contributed by atoms with van der Waals surface area (Å²) in [5, 5.41) is 2.63. The Hall–Kier alpha value is -2.89. The molecule has 0 heterocycles. The maximum atomic E-state index is 13.7. The number of carbonyl (C=O) groups is 1. The molecule has 0 aromatic heterocycles. The molecule has 132 valence electrons. The van der Waals surface area contributed by atoms with Gasteiger partial charge in [0.15, 0.2) is 11.5 Å². The van der Waals surface area contributed by atoms with Crippen LogP contribution in [0.3, 0.4) is 0 Å². The molecule has 1 N–H and O–H groups in total. The predicted octanol–water partition coefficient (Wildman–Crippen LogP) is 3.87. The minimum Gasteiger partial charge on any atom is -0.493 e. The molecule has 0 fully saturated rings. The van der Waals surface area contributed by atoms with E-state index >= 15 is 0 Å². The molecule has 0 radical (unpaired) electrons. The lowest BCUT2D eigenvalue weighted by molar-refractivity contribution is -0.117. The fourth-order valence-electron chi connectivity index (χ4n) is 2.32. The number of hydrogen-bond donors (Lipinski definition) is 1. The zero-order valence-electron chi connectivity index (χ0n) is 14.2. The van der Waals surface area contributed by atoms with Crippen LogP contribution in [0.25, 0.3) is 6.08 Å². The number of methoxy groups -OCH3 is 2. The molecule has 2 aromatic carbocycles. The van der Waals surface area contributed by atoms with E-state index in [-0.39, 0.29) is 5.56 Å². The van der Waals surface area contributed by atoms with Gasteiger partial charge in [-0.15, -0.1) is 0 Å². The predicted molar refractivity (Wildman–Crippen MR) is 91.5 cm³/mol. The third-order valence-electron chi connectivity index (χ3n) is 3.62. The summed E-state index contributed by atoms with van der Waals surface area (Å²) in [6.45, 7) is 1.62. The van der Waals surface area contributed by atoms with Crippen molar-refractivity contribution in [1.82, 2.24) is 5.32 Å². The van der Waals surface area contributed by atoms with E-state index in [2.05, 4.69) is 5.32 Å². The Morgan fingerprint density at radius 3 is 2.44 bits per heavy atom. The van der Waals surface area contributed by atoms with Gasteiger partial charge < -0.3 is 14.8 Å². The minimum atomic E-state index is -0.698. The monoisotopic (exact) mass is 347 g/mol. The molecular formula is C19H19F2NO3. The quantitative estimate of drug-likeness (QED) is 0.807. The standard InChI is InChI=1S/C19H19F2NO3/c1-12(15-7-6-14(20)11-16(15)21)22-19(23)9-5-13-4-8-17(24-2)18(10-13)25-3/h4-12H,1-3H3,(H,22,23)/b9-5+/t12-/m0/s1. The van der Waals surface area contributed by atoms with E-state index in [0.717, 1.165) is 17.7 Å². The van der Waals surface area contributed by atoms with Gasteiger partial charge in [-0.1, -0.05) is 12.1 Å². The average Bonchev–Trinajstić information content (AvgIpc) is 2.59. The van der Waals surface area contributed by atoms with Crippen molar-refractivity contribution in [3.05, 3.63) is 65.2 Å². The van der Waals surface area contributed by atoms with E-state index in [1.165, 1.54) is 26.4 Å². The summed E-state index contributed by atoms with van der Waals surface area (Å²) < 4.78 is 37.0. The van der Waals surface area contributed by atoms with Crippen LogP contribution in [-0.2, 0) is 4.79 Å². The maximum absolute atomic E-state index is 13.7. The van der Waals surface area contributed by atoms with E-state index < -0.39 is 23.6 Å². The van der Waals surface area contributed by atoms with Gasteiger partial charge in [0, 0.05) is 17.7 Å². The van der Waals surface area contributed by atoms with E-state index in [9.17, 15) is 13.6 Å². The molecule has 2 aromatic rings. The number of amides is 1. The fraction of sp³-hybridized carbons (Fsp3) is 0.211. The van der Waals surface area contributed by atoms with Gasteiger partial charge in [0.2, 0.25) is 5.91 Å². The van der Waals surface area contributed by atoms with E-state index in [1.807, 2.05) is 0 Å². The lowest BCUT2D eigenvalue weighted by Gasteiger charge is -2.13. The number of benzene rings is 2. The average molecular weight is 347 g/mol. The molecule has 0 bridgehead atoms. The summed E-state index contributed by atoms with van der Waals surface area (Å²) in [6.07, 6.45) is 2.93. The van der Waals surface area contributed by atoms with Gasteiger partial charge >= 0.3 is 0 Å². The first-order valence-corrected chi connectivity index (χ1v) is 7.60. The number of halogens is 2. The lowest BCUT2D eigenvalue weighted by Crippen LogP contribution is -2.25. The zero-order valence-corrected chi connectivity index (χ0v) is 14.2. The van der Waals surface area contributed by atoms with Gasteiger partial charge in [-0.25, -0.2) is 8.78 Å². The van der Waals surface area contributed by atoms with Gasteiger partial charge in [-0.05, 0) is 36.8 Å². The molecule has 6 heteroatoms. The first-order valence-electron chi connectivity index (χ1n) is 7.60. The van der Waals surface area contributed by atoms with Crippen molar-refractivity contribution in [2.75, 3.05) is 14.2 Å². The van der Waals surface area contributed by atoms with Gasteiger partial charge in [0.05, 0.1) is 20.3 Å². The Bertz CT molecular complexity index is 790. The lowest BCUT2D eigenvalue weighted by atomic mass is 10.1. The maximum Gasteiger partial charge on any atom is 0.244 e.